The number of nitrogens with zero attached hydrogens (tertiary/aromatic N) is 3. The monoisotopic (exact) mass is 389 g/mol. The van der Waals surface area contributed by atoms with E-state index in [9.17, 15) is 9.59 Å². The highest BCUT2D eigenvalue weighted by Crippen LogP contribution is 2.33. The number of ether oxygens (including phenoxy) is 1. The van der Waals surface area contributed by atoms with Crippen LogP contribution in [-0.4, -0.2) is 39.4 Å². The van der Waals surface area contributed by atoms with E-state index in [2.05, 4.69) is 20.3 Å². The first kappa shape index (κ1) is 18.5. The van der Waals surface area contributed by atoms with Gasteiger partial charge in [-0.15, -0.1) is 0 Å². The van der Waals surface area contributed by atoms with Crippen molar-refractivity contribution in [3.63, 3.8) is 0 Å². The molecule has 0 bridgehead atoms. The molecule has 8 heteroatoms. The van der Waals surface area contributed by atoms with E-state index in [1.54, 1.807) is 12.4 Å². The minimum Gasteiger partial charge on any atom is -0.491 e. The standard InChI is InChI=1S/C21H19N5O3/c1-12-23-9-14(10-24-12)16-3-2-4-19-17(16)7-15(11-29-19)26-21(28)13-5-6-18(20(22)27)25-8-13/h2-6,8-10,15H,7,11H2,1H3,(H2,22,27)(H,26,28)/t15-/m0/s1. The third-order valence-electron chi connectivity index (χ3n) is 4.73. The van der Waals surface area contributed by atoms with Crippen LogP contribution in [0.5, 0.6) is 5.75 Å². The summed E-state index contributed by atoms with van der Waals surface area (Å²) in [4.78, 5) is 36.1. The molecule has 3 aromatic rings. The van der Waals surface area contributed by atoms with Gasteiger partial charge in [0.05, 0.1) is 11.6 Å². The maximum absolute atomic E-state index is 12.6. The number of nitrogens with two attached hydrogens (primary N) is 1. The summed E-state index contributed by atoms with van der Waals surface area (Å²) in [5.74, 6) is 0.570. The van der Waals surface area contributed by atoms with Crippen LogP contribution in [0, 0.1) is 6.92 Å². The van der Waals surface area contributed by atoms with Crippen LogP contribution in [0.4, 0.5) is 0 Å². The zero-order valence-corrected chi connectivity index (χ0v) is 15.8. The quantitative estimate of drug-likeness (QED) is 0.700. The van der Waals surface area contributed by atoms with Gasteiger partial charge < -0.3 is 15.8 Å². The summed E-state index contributed by atoms with van der Waals surface area (Å²) in [6.45, 7) is 2.20. The summed E-state index contributed by atoms with van der Waals surface area (Å²) in [5, 5.41) is 2.96. The van der Waals surface area contributed by atoms with Crippen LogP contribution in [0.3, 0.4) is 0 Å². The zero-order valence-electron chi connectivity index (χ0n) is 15.8. The third-order valence-corrected chi connectivity index (χ3v) is 4.73. The Balaban J connectivity index is 1.53. The van der Waals surface area contributed by atoms with Crippen LogP contribution in [0.2, 0.25) is 0 Å². The molecule has 0 unspecified atom stereocenters. The minimum absolute atomic E-state index is 0.112. The highest BCUT2D eigenvalue weighted by molar-refractivity contribution is 5.96. The van der Waals surface area contributed by atoms with Crippen molar-refractivity contribution in [2.24, 2.45) is 5.73 Å². The summed E-state index contributed by atoms with van der Waals surface area (Å²) in [7, 11) is 0. The number of carbonyl (C=O) groups is 2. The van der Waals surface area contributed by atoms with E-state index in [1.165, 1.54) is 18.3 Å². The van der Waals surface area contributed by atoms with Crippen molar-refractivity contribution in [1.29, 1.82) is 0 Å². The normalized spacial score (nSPS) is 15.1. The van der Waals surface area contributed by atoms with E-state index in [0.717, 1.165) is 22.4 Å². The molecule has 1 aliphatic rings. The van der Waals surface area contributed by atoms with Crippen molar-refractivity contribution < 1.29 is 14.3 Å². The molecule has 3 heterocycles. The lowest BCUT2D eigenvalue weighted by Gasteiger charge is -2.28. The molecule has 0 saturated carbocycles. The predicted molar refractivity (Wildman–Crippen MR) is 105 cm³/mol. The van der Waals surface area contributed by atoms with E-state index in [1.807, 2.05) is 25.1 Å². The molecule has 146 valence electrons. The fourth-order valence-corrected chi connectivity index (χ4v) is 3.24. The highest BCUT2D eigenvalue weighted by atomic mass is 16.5. The van der Waals surface area contributed by atoms with Crippen molar-refractivity contribution in [1.82, 2.24) is 20.3 Å². The first-order valence-electron chi connectivity index (χ1n) is 9.11. The number of aromatic nitrogens is 3. The second-order valence-corrected chi connectivity index (χ2v) is 6.78. The van der Waals surface area contributed by atoms with Crippen LogP contribution in [0.1, 0.15) is 32.2 Å². The molecule has 3 N–H and O–H groups in total. The van der Waals surface area contributed by atoms with Crippen LogP contribution in [0.15, 0.2) is 48.9 Å². The number of pyridine rings is 1. The molecule has 1 atom stereocenters. The second kappa shape index (κ2) is 7.67. The second-order valence-electron chi connectivity index (χ2n) is 6.78. The van der Waals surface area contributed by atoms with Gasteiger partial charge in [0.25, 0.3) is 11.8 Å². The Bertz CT molecular complexity index is 1060. The largest absolute Gasteiger partial charge is 0.491 e. The van der Waals surface area contributed by atoms with Crippen LogP contribution < -0.4 is 15.8 Å². The molecule has 29 heavy (non-hydrogen) atoms. The van der Waals surface area contributed by atoms with Crippen molar-refractivity contribution in [3.8, 4) is 16.9 Å². The smallest absolute Gasteiger partial charge is 0.267 e. The SMILES string of the molecule is Cc1ncc(-c2cccc3c2C[C@H](NC(=O)c2ccc(C(N)=O)nc2)CO3)cn1. The zero-order chi connectivity index (χ0) is 20.4. The van der Waals surface area contributed by atoms with Crippen molar-refractivity contribution in [3.05, 3.63) is 71.6 Å². The molecule has 1 aromatic carbocycles. The number of aryl methyl sites for hydroxylation is 1. The molecule has 0 spiro atoms. The molecule has 0 fully saturated rings. The summed E-state index contributed by atoms with van der Waals surface area (Å²) >= 11 is 0. The Kier molecular flexibility index (Phi) is 4.90. The molecule has 2 amide bonds. The molecule has 0 saturated heterocycles. The molecular weight excluding hydrogens is 370 g/mol. The lowest BCUT2D eigenvalue weighted by atomic mass is 9.94. The minimum atomic E-state index is -0.637. The summed E-state index contributed by atoms with van der Waals surface area (Å²) in [6.07, 6.45) is 5.51. The number of fused-ring (bicyclic) bond motifs is 1. The fourth-order valence-electron chi connectivity index (χ4n) is 3.24. The number of amides is 2. The number of hydrogen-bond acceptors (Lipinski definition) is 6. The van der Waals surface area contributed by atoms with Crippen LogP contribution >= 0.6 is 0 Å². The van der Waals surface area contributed by atoms with E-state index < -0.39 is 5.91 Å². The molecule has 0 radical (unpaired) electrons. The van der Waals surface area contributed by atoms with E-state index in [0.29, 0.717) is 24.4 Å². The molecule has 0 aliphatic carbocycles. The van der Waals surface area contributed by atoms with Gasteiger partial charge in [-0.2, -0.15) is 0 Å². The number of rotatable bonds is 4. The average molecular weight is 389 g/mol. The fraction of sp³-hybridized carbons (Fsp3) is 0.190. The molecule has 4 rings (SSSR count). The molecule has 2 aromatic heterocycles. The van der Waals surface area contributed by atoms with Crippen molar-refractivity contribution in [2.45, 2.75) is 19.4 Å². The number of primary amides is 1. The van der Waals surface area contributed by atoms with E-state index >= 15 is 0 Å². The molecule has 1 aliphatic heterocycles. The Morgan fingerprint density at radius 1 is 1.10 bits per heavy atom. The Morgan fingerprint density at radius 3 is 2.59 bits per heavy atom. The van der Waals surface area contributed by atoms with Gasteiger partial charge in [0.2, 0.25) is 0 Å². The first-order chi connectivity index (χ1) is 14.0. The van der Waals surface area contributed by atoms with E-state index in [4.69, 9.17) is 10.5 Å². The van der Waals surface area contributed by atoms with Crippen LogP contribution in [-0.2, 0) is 6.42 Å². The molecular formula is C21H19N5O3. The summed E-state index contributed by atoms with van der Waals surface area (Å²) in [5.41, 5.74) is 8.51. The Hall–Kier alpha value is -3.81. The predicted octanol–water partition coefficient (Wildman–Crippen LogP) is 1.68. The summed E-state index contributed by atoms with van der Waals surface area (Å²) < 4.78 is 5.88. The maximum atomic E-state index is 12.6. The third kappa shape index (κ3) is 3.91. The van der Waals surface area contributed by atoms with Gasteiger partial charge in [0, 0.05) is 36.1 Å². The average Bonchev–Trinajstić information content (AvgIpc) is 2.74. The Morgan fingerprint density at radius 2 is 1.90 bits per heavy atom. The number of hydrogen-bond donors (Lipinski definition) is 2. The van der Waals surface area contributed by atoms with Gasteiger partial charge in [-0.05, 0) is 30.7 Å². The van der Waals surface area contributed by atoms with Gasteiger partial charge in [0.1, 0.15) is 23.9 Å². The van der Waals surface area contributed by atoms with E-state index in [-0.39, 0.29) is 17.6 Å². The van der Waals surface area contributed by atoms with Gasteiger partial charge in [-0.1, -0.05) is 12.1 Å². The van der Waals surface area contributed by atoms with Gasteiger partial charge in [-0.3, -0.25) is 14.6 Å². The van der Waals surface area contributed by atoms with Gasteiger partial charge in [-0.25, -0.2) is 9.97 Å². The number of carbonyl (C=O) groups excluding carboxylic acids is 2. The topological polar surface area (TPSA) is 120 Å². The van der Waals surface area contributed by atoms with Crippen molar-refractivity contribution in [2.75, 3.05) is 6.61 Å². The lowest BCUT2D eigenvalue weighted by Crippen LogP contribution is -2.43. The van der Waals surface area contributed by atoms with Crippen LogP contribution in [0.25, 0.3) is 11.1 Å². The van der Waals surface area contributed by atoms with Gasteiger partial charge >= 0.3 is 0 Å². The van der Waals surface area contributed by atoms with Gasteiger partial charge in [0.15, 0.2) is 0 Å². The lowest BCUT2D eigenvalue weighted by molar-refractivity contribution is 0.0913. The number of nitrogens with one attached hydrogen (secondary N) is 1. The highest BCUT2D eigenvalue weighted by Gasteiger charge is 2.24. The number of benzene rings is 1. The Labute approximate surface area is 167 Å². The van der Waals surface area contributed by atoms with Crippen molar-refractivity contribution >= 4 is 11.8 Å². The summed E-state index contributed by atoms with van der Waals surface area (Å²) in [6, 6.07) is 8.58. The maximum Gasteiger partial charge on any atom is 0.267 e. The molecule has 8 nitrogen and oxygen atoms in total. The first-order valence-corrected chi connectivity index (χ1v) is 9.11.